The van der Waals surface area contributed by atoms with Gasteiger partial charge in [-0.3, -0.25) is 9.59 Å². The first-order valence-corrected chi connectivity index (χ1v) is 8.99. The molecule has 0 aliphatic rings. The van der Waals surface area contributed by atoms with Gasteiger partial charge in [0.25, 0.3) is 5.91 Å². The van der Waals surface area contributed by atoms with Crippen LogP contribution in [0.1, 0.15) is 28.7 Å². The molecule has 0 saturated carbocycles. The molecule has 0 unspecified atom stereocenters. The number of methoxy groups -OCH3 is 2. The second-order valence-electron chi connectivity index (χ2n) is 6.00. The van der Waals surface area contributed by atoms with E-state index in [4.69, 9.17) is 25.6 Å². The number of esters is 1. The van der Waals surface area contributed by atoms with Gasteiger partial charge in [-0.2, -0.15) is 4.98 Å². The van der Waals surface area contributed by atoms with Crippen molar-refractivity contribution in [2.45, 2.75) is 12.5 Å². The molecule has 0 spiro atoms. The number of ether oxygens (including phenoxy) is 2. The number of nitrogens with one attached hydrogen (secondary N) is 1. The van der Waals surface area contributed by atoms with Gasteiger partial charge in [0.1, 0.15) is 11.8 Å². The van der Waals surface area contributed by atoms with Crippen molar-refractivity contribution < 1.29 is 23.6 Å². The summed E-state index contributed by atoms with van der Waals surface area (Å²) in [6.07, 6.45) is -0.167. The summed E-state index contributed by atoms with van der Waals surface area (Å²) >= 11 is 5.85. The molecule has 1 amide bonds. The minimum atomic E-state index is -0.856. The number of rotatable bonds is 7. The van der Waals surface area contributed by atoms with Gasteiger partial charge in [-0.25, -0.2) is 0 Å². The number of hydrogen-bond donors (Lipinski definition) is 1. The Morgan fingerprint density at radius 3 is 2.41 bits per heavy atom. The molecular weight excluding hydrogens is 398 g/mol. The fourth-order valence-corrected chi connectivity index (χ4v) is 2.65. The quantitative estimate of drug-likeness (QED) is 0.589. The monoisotopic (exact) mass is 415 g/mol. The first-order valence-electron chi connectivity index (χ1n) is 8.61. The van der Waals surface area contributed by atoms with Gasteiger partial charge in [0.15, 0.2) is 0 Å². The van der Waals surface area contributed by atoms with E-state index in [0.717, 1.165) is 0 Å². The van der Waals surface area contributed by atoms with E-state index >= 15 is 0 Å². The third-order valence-electron chi connectivity index (χ3n) is 4.10. The van der Waals surface area contributed by atoms with Crippen molar-refractivity contribution in [3.8, 4) is 17.1 Å². The Hall–Kier alpha value is -3.39. The Morgan fingerprint density at radius 2 is 1.79 bits per heavy atom. The summed E-state index contributed by atoms with van der Waals surface area (Å²) in [7, 11) is 2.83. The van der Waals surface area contributed by atoms with Crippen LogP contribution in [-0.4, -0.2) is 36.2 Å². The molecule has 29 heavy (non-hydrogen) atoms. The van der Waals surface area contributed by atoms with Crippen molar-refractivity contribution in [2.75, 3.05) is 14.2 Å². The number of halogens is 1. The van der Waals surface area contributed by atoms with Crippen molar-refractivity contribution in [1.82, 2.24) is 15.5 Å². The van der Waals surface area contributed by atoms with Crippen LogP contribution in [0.25, 0.3) is 11.4 Å². The largest absolute Gasteiger partial charge is 0.497 e. The summed E-state index contributed by atoms with van der Waals surface area (Å²) in [6, 6.07) is 12.6. The number of nitrogens with zero attached hydrogens (tertiary/aromatic N) is 2. The van der Waals surface area contributed by atoms with Crippen LogP contribution in [0.2, 0.25) is 5.02 Å². The summed E-state index contributed by atoms with van der Waals surface area (Å²) in [5.74, 6) is 0.147. The molecule has 1 aromatic heterocycles. The first kappa shape index (κ1) is 20.3. The van der Waals surface area contributed by atoms with E-state index in [1.807, 2.05) is 0 Å². The maximum atomic E-state index is 12.5. The van der Waals surface area contributed by atoms with Crippen molar-refractivity contribution in [1.29, 1.82) is 0 Å². The molecule has 150 valence electrons. The molecule has 0 bridgehead atoms. The first-order chi connectivity index (χ1) is 14.0. The van der Waals surface area contributed by atoms with E-state index in [9.17, 15) is 9.59 Å². The van der Waals surface area contributed by atoms with Gasteiger partial charge in [-0.1, -0.05) is 16.8 Å². The van der Waals surface area contributed by atoms with E-state index in [0.29, 0.717) is 27.7 Å². The zero-order chi connectivity index (χ0) is 20.8. The smallest absolute Gasteiger partial charge is 0.308 e. The normalized spacial score (nSPS) is 11.6. The average molecular weight is 416 g/mol. The molecule has 1 atom stereocenters. The molecule has 0 saturated heterocycles. The van der Waals surface area contributed by atoms with Gasteiger partial charge >= 0.3 is 5.97 Å². The predicted molar refractivity (Wildman–Crippen MR) is 105 cm³/mol. The van der Waals surface area contributed by atoms with E-state index in [1.165, 1.54) is 7.11 Å². The van der Waals surface area contributed by atoms with Crippen LogP contribution in [0.15, 0.2) is 53.1 Å². The van der Waals surface area contributed by atoms with Crippen molar-refractivity contribution in [3.05, 3.63) is 65.0 Å². The highest BCUT2D eigenvalue weighted by Gasteiger charge is 2.25. The van der Waals surface area contributed by atoms with Crippen LogP contribution in [0.4, 0.5) is 0 Å². The average Bonchev–Trinajstić information content (AvgIpc) is 3.24. The molecule has 3 rings (SSSR count). The Balaban J connectivity index is 1.82. The van der Waals surface area contributed by atoms with Gasteiger partial charge in [0.05, 0.1) is 20.6 Å². The second-order valence-corrected chi connectivity index (χ2v) is 6.43. The SMILES string of the molecule is COC(=O)C[C@H](NC(=O)c1ccc(Cl)cc1)c1nc(-c2ccc(OC)cc2)no1. The van der Waals surface area contributed by atoms with Crippen LogP contribution >= 0.6 is 11.6 Å². The van der Waals surface area contributed by atoms with Gasteiger partial charge in [0, 0.05) is 16.1 Å². The van der Waals surface area contributed by atoms with Gasteiger partial charge in [0.2, 0.25) is 11.7 Å². The Labute approximate surface area is 171 Å². The van der Waals surface area contributed by atoms with E-state index in [1.54, 1.807) is 55.6 Å². The highest BCUT2D eigenvalue weighted by atomic mass is 35.5. The molecule has 1 N–H and O–H groups in total. The van der Waals surface area contributed by atoms with Gasteiger partial charge < -0.3 is 19.3 Å². The van der Waals surface area contributed by atoms with E-state index in [-0.39, 0.29) is 12.3 Å². The summed E-state index contributed by atoms with van der Waals surface area (Å²) in [5, 5.41) is 7.17. The molecule has 1 heterocycles. The molecule has 8 nitrogen and oxygen atoms in total. The maximum Gasteiger partial charge on any atom is 0.308 e. The molecule has 0 aliphatic heterocycles. The van der Waals surface area contributed by atoms with Crippen molar-refractivity contribution in [3.63, 3.8) is 0 Å². The number of carbonyl (C=O) groups excluding carboxylic acids is 2. The lowest BCUT2D eigenvalue weighted by atomic mass is 10.1. The minimum Gasteiger partial charge on any atom is -0.497 e. The number of hydrogen-bond acceptors (Lipinski definition) is 7. The minimum absolute atomic E-state index is 0.0866. The summed E-state index contributed by atoms with van der Waals surface area (Å²) in [6.45, 7) is 0. The standard InChI is InChI=1S/C20H18ClN3O5/c1-27-15-9-5-12(6-10-15)18-23-20(29-24-18)16(11-17(25)28-2)22-19(26)13-3-7-14(21)8-4-13/h3-10,16H,11H2,1-2H3,(H,22,26)/t16-/m0/s1. The molecular formula is C20H18ClN3O5. The number of carbonyl (C=O) groups is 2. The Kier molecular flexibility index (Phi) is 6.46. The number of amides is 1. The van der Waals surface area contributed by atoms with Crippen LogP contribution < -0.4 is 10.1 Å². The third-order valence-corrected chi connectivity index (χ3v) is 4.35. The van der Waals surface area contributed by atoms with Crippen molar-refractivity contribution in [2.24, 2.45) is 0 Å². The lowest BCUT2D eigenvalue weighted by Crippen LogP contribution is -2.30. The Morgan fingerprint density at radius 1 is 1.10 bits per heavy atom. The molecule has 0 fully saturated rings. The number of benzene rings is 2. The fraction of sp³-hybridized carbons (Fsp3) is 0.200. The van der Waals surface area contributed by atoms with E-state index in [2.05, 4.69) is 15.5 Å². The summed E-state index contributed by atoms with van der Waals surface area (Å²) < 4.78 is 15.1. The highest BCUT2D eigenvalue weighted by Crippen LogP contribution is 2.23. The predicted octanol–water partition coefficient (Wildman–Crippen LogP) is 3.43. The van der Waals surface area contributed by atoms with Crippen LogP contribution in [-0.2, 0) is 9.53 Å². The van der Waals surface area contributed by atoms with E-state index < -0.39 is 17.9 Å². The summed E-state index contributed by atoms with van der Waals surface area (Å²) in [5.41, 5.74) is 1.07. The van der Waals surface area contributed by atoms with Crippen molar-refractivity contribution >= 4 is 23.5 Å². The highest BCUT2D eigenvalue weighted by molar-refractivity contribution is 6.30. The van der Waals surface area contributed by atoms with Gasteiger partial charge in [-0.15, -0.1) is 0 Å². The molecule has 3 aromatic rings. The lowest BCUT2D eigenvalue weighted by molar-refractivity contribution is -0.141. The fourth-order valence-electron chi connectivity index (χ4n) is 2.53. The third kappa shape index (κ3) is 5.11. The Bertz CT molecular complexity index is 986. The van der Waals surface area contributed by atoms with Crippen LogP contribution in [0.3, 0.4) is 0 Å². The zero-order valence-corrected chi connectivity index (χ0v) is 16.5. The zero-order valence-electron chi connectivity index (χ0n) is 15.7. The lowest BCUT2D eigenvalue weighted by Gasteiger charge is -2.14. The molecule has 0 aliphatic carbocycles. The second kappa shape index (κ2) is 9.20. The topological polar surface area (TPSA) is 104 Å². The molecule has 9 heteroatoms. The molecule has 0 radical (unpaired) electrons. The maximum absolute atomic E-state index is 12.5. The summed E-state index contributed by atoms with van der Waals surface area (Å²) in [4.78, 5) is 28.7. The van der Waals surface area contributed by atoms with Crippen LogP contribution in [0.5, 0.6) is 5.75 Å². The van der Waals surface area contributed by atoms with Crippen LogP contribution in [0, 0.1) is 0 Å². The molecule has 2 aromatic carbocycles. The van der Waals surface area contributed by atoms with Gasteiger partial charge in [-0.05, 0) is 48.5 Å². The number of aromatic nitrogens is 2.